The molecule has 0 aromatic heterocycles. The lowest BCUT2D eigenvalue weighted by Gasteiger charge is -2.33. The Bertz CT molecular complexity index is 486. The summed E-state index contributed by atoms with van der Waals surface area (Å²) in [5, 5.41) is 6.35. The molecule has 1 saturated heterocycles. The van der Waals surface area contributed by atoms with E-state index in [1.165, 1.54) is 5.56 Å². The number of nitrogens with one attached hydrogen (secondary N) is 2. The smallest absolute Gasteiger partial charge is 0.239 e. The number of hydrogen-bond acceptors (Lipinski definition) is 4. The molecule has 2 rings (SSSR count). The Labute approximate surface area is 163 Å². The van der Waals surface area contributed by atoms with Gasteiger partial charge in [-0.3, -0.25) is 9.69 Å². The van der Waals surface area contributed by atoms with Crippen LogP contribution in [0.2, 0.25) is 0 Å². The number of ether oxygens (including phenoxy) is 1. The van der Waals surface area contributed by atoms with E-state index in [0.717, 1.165) is 19.6 Å². The van der Waals surface area contributed by atoms with Crippen LogP contribution in [-0.4, -0.2) is 55.7 Å². The predicted octanol–water partition coefficient (Wildman–Crippen LogP) is 2.41. The average molecular weight is 392 g/mol. The van der Waals surface area contributed by atoms with E-state index in [-0.39, 0.29) is 48.9 Å². The van der Waals surface area contributed by atoms with E-state index in [0.29, 0.717) is 13.2 Å². The van der Waals surface area contributed by atoms with Crippen LogP contribution in [0.4, 0.5) is 0 Å². The standard InChI is InChI=1S/C18H29N3O2.2ClH/c1-4-21(5-2)16(15-9-7-6-8-10-15)13-20-18(22)17-14(3)23-12-11-19-17;;/h6-10,14,16-17,19H,4-5,11-13H2,1-3H3,(H,20,22);2*1H/t14-,16?,17+;;/m1../s1. The van der Waals surface area contributed by atoms with Crippen molar-refractivity contribution in [2.45, 2.75) is 39.0 Å². The molecular weight excluding hydrogens is 361 g/mol. The van der Waals surface area contributed by atoms with Crippen molar-refractivity contribution in [3.8, 4) is 0 Å². The van der Waals surface area contributed by atoms with Gasteiger partial charge in [-0.05, 0) is 25.6 Å². The van der Waals surface area contributed by atoms with Gasteiger partial charge in [0, 0.05) is 13.1 Å². The summed E-state index contributed by atoms with van der Waals surface area (Å²) >= 11 is 0. The summed E-state index contributed by atoms with van der Waals surface area (Å²) in [6.07, 6.45) is -0.0904. The molecule has 0 spiro atoms. The third kappa shape index (κ3) is 6.76. The zero-order valence-electron chi connectivity index (χ0n) is 15.2. The Morgan fingerprint density at radius 3 is 2.48 bits per heavy atom. The van der Waals surface area contributed by atoms with Gasteiger partial charge < -0.3 is 15.4 Å². The quantitative estimate of drug-likeness (QED) is 0.749. The lowest BCUT2D eigenvalue weighted by Crippen LogP contribution is -2.56. The van der Waals surface area contributed by atoms with Crippen LogP contribution in [0.25, 0.3) is 0 Å². The normalized spacial score (nSPS) is 21.0. The fraction of sp³-hybridized carbons (Fsp3) is 0.611. The van der Waals surface area contributed by atoms with Gasteiger partial charge in [-0.25, -0.2) is 0 Å². The monoisotopic (exact) mass is 391 g/mol. The molecule has 7 heteroatoms. The molecule has 25 heavy (non-hydrogen) atoms. The SMILES string of the molecule is CCN(CC)C(CNC(=O)[C@H]1NCCO[C@@H]1C)c1ccccc1.Cl.Cl. The van der Waals surface area contributed by atoms with E-state index in [2.05, 4.69) is 41.5 Å². The molecule has 1 unspecified atom stereocenters. The molecule has 1 aliphatic rings. The van der Waals surface area contributed by atoms with E-state index < -0.39 is 0 Å². The van der Waals surface area contributed by atoms with Gasteiger partial charge in [0.2, 0.25) is 5.91 Å². The fourth-order valence-corrected chi connectivity index (χ4v) is 3.13. The van der Waals surface area contributed by atoms with E-state index in [1.807, 2.05) is 25.1 Å². The summed E-state index contributed by atoms with van der Waals surface area (Å²) in [7, 11) is 0. The third-order valence-electron chi connectivity index (χ3n) is 4.51. The second-order valence-corrected chi connectivity index (χ2v) is 5.90. The first-order chi connectivity index (χ1) is 11.2. The maximum absolute atomic E-state index is 12.5. The first-order valence-corrected chi connectivity index (χ1v) is 8.59. The van der Waals surface area contributed by atoms with Crippen LogP contribution in [0.3, 0.4) is 0 Å². The van der Waals surface area contributed by atoms with E-state index in [1.54, 1.807) is 0 Å². The second kappa shape index (κ2) is 12.5. The highest BCUT2D eigenvalue weighted by Crippen LogP contribution is 2.19. The highest BCUT2D eigenvalue weighted by Gasteiger charge is 2.29. The van der Waals surface area contributed by atoms with Crippen molar-refractivity contribution >= 4 is 30.7 Å². The maximum Gasteiger partial charge on any atom is 0.239 e. The predicted molar refractivity (Wildman–Crippen MR) is 107 cm³/mol. The Morgan fingerprint density at radius 1 is 1.28 bits per heavy atom. The zero-order chi connectivity index (χ0) is 16.7. The molecule has 1 aromatic rings. The van der Waals surface area contributed by atoms with Gasteiger partial charge in [0.05, 0.1) is 18.8 Å². The van der Waals surface area contributed by atoms with Crippen LogP contribution in [-0.2, 0) is 9.53 Å². The van der Waals surface area contributed by atoms with Gasteiger partial charge in [0.1, 0.15) is 6.04 Å². The number of amides is 1. The van der Waals surface area contributed by atoms with Gasteiger partial charge in [-0.15, -0.1) is 24.8 Å². The molecule has 2 N–H and O–H groups in total. The van der Waals surface area contributed by atoms with Gasteiger partial charge in [0.15, 0.2) is 0 Å². The third-order valence-corrected chi connectivity index (χ3v) is 4.51. The number of likely N-dealkylation sites (N-methyl/N-ethyl adjacent to an activating group) is 1. The van der Waals surface area contributed by atoms with Crippen LogP contribution in [0, 0.1) is 0 Å². The van der Waals surface area contributed by atoms with E-state index in [9.17, 15) is 4.79 Å². The molecule has 3 atom stereocenters. The Morgan fingerprint density at radius 2 is 1.92 bits per heavy atom. The molecular formula is C18H31Cl2N3O2. The van der Waals surface area contributed by atoms with E-state index in [4.69, 9.17) is 4.74 Å². The summed E-state index contributed by atoms with van der Waals surface area (Å²) in [5.41, 5.74) is 1.23. The summed E-state index contributed by atoms with van der Waals surface area (Å²) in [6, 6.07) is 10.3. The van der Waals surface area contributed by atoms with Crippen molar-refractivity contribution in [2.24, 2.45) is 0 Å². The molecule has 1 fully saturated rings. The molecule has 144 valence electrons. The number of carbonyl (C=O) groups excluding carboxylic acids is 1. The van der Waals surface area contributed by atoms with Gasteiger partial charge >= 0.3 is 0 Å². The zero-order valence-corrected chi connectivity index (χ0v) is 16.9. The average Bonchev–Trinajstić information content (AvgIpc) is 2.59. The van der Waals surface area contributed by atoms with Crippen molar-refractivity contribution in [3.63, 3.8) is 0 Å². The minimum atomic E-state index is -0.267. The topological polar surface area (TPSA) is 53.6 Å². The first kappa shape index (κ1) is 24.1. The van der Waals surface area contributed by atoms with Crippen LogP contribution in [0.5, 0.6) is 0 Å². The minimum Gasteiger partial charge on any atom is -0.375 e. The minimum absolute atomic E-state index is 0. The lowest BCUT2D eigenvalue weighted by atomic mass is 10.0. The van der Waals surface area contributed by atoms with Crippen molar-refractivity contribution in [3.05, 3.63) is 35.9 Å². The summed E-state index contributed by atoms with van der Waals surface area (Å²) < 4.78 is 5.56. The molecule has 1 aromatic carbocycles. The number of benzene rings is 1. The van der Waals surface area contributed by atoms with Gasteiger partial charge in [-0.1, -0.05) is 44.2 Å². The molecule has 5 nitrogen and oxygen atoms in total. The highest BCUT2D eigenvalue weighted by molar-refractivity contribution is 5.85. The molecule has 0 bridgehead atoms. The molecule has 0 aliphatic carbocycles. The van der Waals surface area contributed by atoms with Gasteiger partial charge in [0.25, 0.3) is 0 Å². The number of nitrogens with zero attached hydrogens (tertiary/aromatic N) is 1. The molecule has 1 heterocycles. The molecule has 0 radical (unpaired) electrons. The molecule has 1 amide bonds. The second-order valence-electron chi connectivity index (χ2n) is 5.90. The number of rotatable bonds is 7. The Balaban J connectivity index is 0.00000288. The molecule has 1 aliphatic heterocycles. The summed E-state index contributed by atoms with van der Waals surface area (Å²) in [5.74, 6) is 0.0188. The first-order valence-electron chi connectivity index (χ1n) is 8.59. The Hall–Kier alpha value is -0.850. The maximum atomic E-state index is 12.5. The van der Waals surface area contributed by atoms with Crippen LogP contribution >= 0.6 is 24.8 Å². The molecule has 0 saturated carbocycles. The number of carbonyl (C=O) groups is 1. The highest BCUT2D eigenvalue weighted by atomic mass is 35.5. The van der Waals surface area contributed by atoms with Gasteiger partial charge in [-0.2, -0.15) is 0 Å². The fourth-order valence-electron chi connectivity index (χ4n) is 3.13. The van der Waals surface area contributed by atoms with Crippen molar-refractivity contribution < 1.29 is 9.53 Å². The van der Waals surface area contributed by atoms with Crippen molar-refractivity contribution in [1.29, 1.82) is 0 Å². The number of halogens is 2. The van der Waals surface area contributed by atoms with E-state index >= 15 is 0 Å². The Kier molecular flexibility index (Phi) is 12.1. The van der Waals surface area contributed by atoms with Crippen LogP contribution < -0.4 is 10.6 Å². The summed E-state index contributed by atoms with van der Waals surface area (Å²) in [6.45, 7) is 10.1. The number of morpholine rings is 1. The largest absolute Gasteiger partial charge is 0.375 e. The number of hydrogen-bond donors (Lipinski definition) is 2. The van der Waals surface area contributed by atoms with Crippen molar-refractivity contribution in [2.75, 3.05) is 32.8 Å². The van der Waals surface area contributed by atoms with Crippen LogP contribution in [0.1, 0.15) is 32.4 Å². The van der Waals surface area contributed by atoms with Crippen LogP contribution in [0.15, 0.2) is 30.3 Å². The summed E-state index contributed by atoms with van der Waals surface area (Å²) in [4.78, 5) is 14.8. The van der Waals surface area contributed by atoms with Crippen molar-refractivity contribution in [1.82, 2.24) is 15.5 Å². The lowest BCUT2D eigenvalue weighted by molar-refractivity contribution is -0.129.